The second-order valence-corrected chi connectivity index (χ2v) is 9.92. The topological polar surface area (TPSA) is 97.8 Å². The molecule has 1 aliphatic heterocycles. The maximum atomic E-state index is 13.5. The fourth-order valence-corrected chi connectivity index (χ4v) is 5.41. The van der Waals surface area contributed by atoms with Gasteiger partial charge in [-0.15, -0.1) is 0 Å². The van der Waals surface area contributed by atoms with Gasteiger partial charge in [0.05, 0.1) is 41.5 Å². The number of halogens is 1. The number of carbonyl (C=O) groups is 1. The molecule has 0 aromatic heterocycles. The number of ether oxygens (including phenoxy) is 3. The number of carbonyl (C=O) groups excluding carboxylic acids is 1. The third kappa shape index (κ3) is 4.46. The fraction of sp³-hybridized carbons (Fsp3) is 0.500. The minimum absolute atomic E-state index is 0.0488. The van der Waals surface area contributed by atoms with Gasteiger partial charge >= 0.3 is 0 Å². The number of benzene rings is 1. The second kappa shape index (κ2) is 9.71. The van der Waals surface area contributed by atoms with E-state index in [-0.39, 0.29) is 11.2 Å². The first-order valence-corrected chi connectivity index (χ1v) is 11.7. The molecule has 7 nitrogen and oxygen atoms in total. The number of ketones is 1. The van der Waals surface area contributed by atoms with Crippen LogP contribution in [0.15, 0.2) is 34.8 Å². The van der Waals surface area contributed by atoms with E-state index < -0.39 is 5.92 Å². The van der Waals surface area contributed by atoms with Gasteiger partial charge in [-0.2, -0.15) is 5.26 Å². The number of allylic oxidation sites excluding steroid dienone is 3. The third-order valence-corrected chi connectivity index (χ3v) is 6.68. The van der Waals surface area contributed by atoms with Crippen LogP contribution in [0.2, 0.25) is 0 Å². The van der Waals surface area contributed by atoms with Crippen molar-refractivity contribution in [3.05, 3.63) is 43.9 Å². The van der Waals surface area contributed by atoms with Crippen molar-refractivity contribution in [2.75, 3.05) is 34.0 Å². The molecule has 1 aromatic carbocycles. The molecule has 0 amide bonds. The van der Waals surface area contributed by atoms with E-state index in [0.717, 1.165) is 14.8 Å². The molecule has 2 N–H and O–H groups in total. The lowest BCUT2D eigenvalue weighted by Gasteiger charge is -2.43. The Hall–Kier alpha value is -2.25. The van der Waals surface area contributed by atoms with E-state index in [1.807, 2.05) is 24.0 Å². The average molecular weight is 551 g/mol. The highest BCUT2D eigenvalue weighted by atomic mass is 127. The summed E-state index contributed by atoms with van der Waals surface area (Å²) in [6, 6.07) is 6.10. The third-order valence-electron chi connectivity index (χ3n) is 5.87. The van der Waals surface area contributed by atoms with Crippen molar-refractivity contribution in [1.82, 2.24) is 4.90 Å². The predicted molar refractivity (Wildman–Crippen MR) is 130 cm³/mol. The molecule has 172 valence electrons. The number of nitrogens with two attached hydrogens (primary N) is 1. The number of rotatable bonds is 7. The van der Waals surface area contributed by atoms with Crippen LogP contribution in [-0.4, -0.2) is 44.7 Å². The van der Waals surface area contributed by atoms with E-state index in [1.54, 1.807) is 14.2 Å². The van der Waals surface area contributed by atoms with Crippen molar-refractivity contribution < 1.29 is 19.0 Å². The van der Waals surface area contributed by atoms with E-state index in [9.17, 15) is 10.1 Å². The standard InChI is InChI=1S/C24H30IN3O4/c1-6-32-19-10-14(9-16(25)22(19)31-5)20-15(13-26)23(27)28(7-8-30-4)17-11-24(2,3)12-18(29)21(17)20/h9-10,20H,6-8,11-12,27H2,1-5H3/t20-/m0/s1. The number of methoxy groups -OCH3 is 2. The molecule has 0 fully saturated rings. The van der Waals surface area contributed by atoms with Crippen molar-refractivity contribution in [3.63, 3.8) is 0 Å². The smallest absolute Gasteiger partial charge is 0.174 e. The van der Waals surface area contributed by atoms with Crippen molar-refractivity contribution >= 4 is 28.4 Å². The highest BCUT2D eigenvalue weighted by Gasteiger charge is 2.44. The molecule has 0 saturated heterocycles. The minimum Gasteiger partial charge on any atom is -0.492 e. The van der Waals surface area contributed by atoms with Crippen LogP contribution in [0.5, 0.6) is 11.5 Å². The molecule has 8 heteroatoms. The lowest BCUT2D eigenvalue weighted by Crippen LogP contribution is -2.43. The van der Waals surface area contributed by atoms with Gasteiger partial charge in [0.25, 0.3) is 0 Å². The van der Waals surface area contributed by atoms with Gasteiger partial charge in [0.2, 0.25) is 0 Å². The van der Waals surface area contributed by atoms with Crippen LogP contribution in [0.3, 0.4) is 0 Å². The number of nitrogens with zero attached hydrogens (tertiary/aromatic N) is 2. The van der Waals surface area contributed by atoms with Gasteiger partial charge < -0.3 is 24.8 Å². The van der Waals surface area contributed by atoms with Crippen molar-refractivity contribution in [2.45, 2.75) is 39.5 Å². The largest absolute Gasteiger partial charge is 0.492 e. The molecule has 1 aromatic rings. The Morgan fingerprint density at radius 3 is 2.62 bits per heavy atom. The summed E-state index contributed by atoms with van der Waals surface area (Å²) < 4.78 is 17.5. The lowest BCUT2D eigenvalue weighted by atomic mass is 9.68. The molecular formula is C24H30IN3O4. The van der Waals surface area contributed by atoms with Gasteiger partial charge in [0, 0.05) is 31.3 Å². The van der Waals surface area contributed by atoms with Crippen LogP contribution in [0.1, 0.15) is 45.1 Å². The van der Waals surface area contributed by atoms with Crippen molar-refractivity contribution in [2.24, 2.45) is 11.1 Å². The van der Waals surface area contributed by atoms with Gasteiger partial charge in [-0.25, -0.2) is 0 Å². The van der Waals surface area contributed by atoms with E-state index in [1.165, 1.54) is 0 Å². The molecular weight excluding hydrogens is 521 g/mol. The Balaban J connectivity index is 2.26. The summed E-state index contributed by atoms with van der Waals surface area (Å²) in [7, 11) is 3.22. The van der Waals surface area contributed by atoms with Crippen LogP contribution >= 0.6 is 22.6 Å². The zero-order valence-electron chi connectivity index (χ0n) is 19.3. The fourth-order valence-electron chi connectivity index (χ4n) is 4.56. The van der Waals surface area contributed by atoms with E-state index in [2.05, 4.69) is 42.5 Å². The first kappa shape index (κ1) is 24.4. The van der Waals surface area contributed by atoms with Crippen molar-refractivity contribution in [1.29, 1.82) is 5.26 Å². The summed E-state index contributed by atoms with van der Waals surface area (Å²) in [5.41, 5.74) is 9.06. The second-order valence-electron chi connectivity index (χ2n) is 8.76. The SMILES string of the molecule is CCOc1cc([C@H]2C(C#N)=C(N)N(CCOC)C3=C2C(=O)CC(C)(C)C3)cc(I)c1OC. The summed E-state index contributed by atoms with van der Waals surface area (Å²) in [6.07, 6.45) is 1.11. The van der Waals surface area contributed by atoms with Gasteiger partial charge in [0.15, 0.2) is 17.3 Å². The van der Waals surface area contributed by atoms with Gasteiger partial charge in [-0.05, 0) is 59.0 Å². The zero-order valence-corrected chi connectivity index (χ0v) is 21.4. The van der Waals surface area contributed by atoms with Crippen LogP contribution in [-0.2, 0) is 9.53 Å². The molecule has 0 unspecified atom stereocenters. The van der Waals surface area contributed by atoms with Crippen LogP contribution in [0.4, 0.5) is 0 Å². The van der Waals surface area contributed by atoms with Crippen LogP contribution in [0, 0.1) is 20.3 Å². The number of nitriles is 1. The highest BCUT2D eigenvalue weighted by Crippen LogP contribution is 2.50. The molecule has 1 heterocycles. The first-order chi connectivity index (χ1) is 15.2. The monoisotopic (exact) mass is 551 g/mol. The Kier molecular flexibility index (Phi) is 7.40. The molecule has 32 heavy (non-hydrogen) atoms. The average Bonchev–Trinajstić information content (AvgIpc) is 2.71. The summed E-state index contributed by atoms with van der Waals surface area (Å²) in [5, 5.41) is 10.1. The van der Waals surface area contributed by atoms with Gasteiger partial charge in [0.1, 0.15) is 5.82 Å². The van der Waals surface area contributed by atoms with Gasteiger partial charge in [-0.1, -0.05) is 13.8 Å². The first-order valence-electron chi connectivity index (χ1n) is 10.6. The van der Waals surface area contributed by atoms with Gasteiger partial charge in [-0.3, -0.25) is 4.79 Å². The number of hydrogen-bond donors (Lipinski definition) is 1. The summed E-state index contributed by atoms with van der Waals surface area (Å²) >= 11 is 2.19. The Labute approximate surface area is 203 Å². The normalized spacial score (nSPS) is 20.2. The quantitative estimate of drug-likeness (QED) is 0.510. The van der Waals surface area contributed by atoms with Crippen LogP contribution in [0.25, 0.3) is 0 Å². The molecule has 1 aliphatic carbocycles. The molecule has 2 aliphatic rings. The number of Topliss-reactive ketones (excluding diaryl/α,β-unsaturated/α-hetero) is 1. The van der Waals surface area contributed by atoms with Crippen molar-refractivity contribution in [3.8, 4) is 17.6 Å². The predicted octanol–water partition coefficient (Wildman–Crippen LogP) is 4.08. The lowest BCUT2D eigenvalue weighted by molar-refractivity contribution is -0.118. The summed E-state index contributed by atoms with van der Waals surface area (Å²) in [5.74, 6) is 1.10. The highest BCUT2D eigenvalue weighted by molar-refractivity contribution is 14.1. The molecule has 0 saturated carbocycles. The maximum Gasteiger partial charge on any atom is 0.174 e. The molecule has 3 rings (SSSR count). The molecule has 0 radical (unpaired) electrons. The van der Waals surface area contributed by atoms with E-state index in [4.69, 9.17) is 19.9 Å². The minimum atomic E-state index is -0.545. The maximum absolute atomic E-state index is 13.5. The zero-order chi connectivity index (χ0) is 23.6. The molecule has 0 spiro atoms. The Morgan fingerprint density at radius 1 is 1.31 bits per heavy atom. The number of hydrogen-bond acceptors (Lipinski definition) is 7. The summed E-state index contributed by atoms with van der Waals surface area (Å²) in [4.78, 5) is 15.4. The Bertz CT molecular complexity index is 1020. The van der Waals surface area contributed by atoms with E-state index >= 15 is 0 Å². The van der Waals surface area contributed by atoms with E-state index in [0.29, 0.717) is 61.1 Å². The van der Waals surface area contributed by atoms with Crippen LogP contribution < -0.4 is 15.2 Å². The Morgan fingerprint density at radius 2 is 2.03 bits per heavy atom. The molecule has 1 atom stereocenters. The molecule has 0 bridgehead atoms. The summed E-state index contributed by atoms with van der Waals surface area (Å²) in [6.45, 7) is 7.45.